The molecule has 2 heterocycles. The van der Waals surface area contributed by atoms with Gasteiger partial charge in [0.2, 0.25) is 5.75 Å². The topological polar surface area (TPSA) is 67.7 Å². The Bertz CT molecular complexity index is 1900. The minimum Gasteiger partial charge on any atom is -0.501 e. The smallest absolute Gasteiger partial charge is 0.379 e. The molecule has 0 aliphatic carbocycles. The molecule has 0 saturated carbocycles. The molecule has 0 unspecified atom stereocenters. The molecule has 8 heteroatoms. The van der Waals surface area contributed by atoms with Crippen LogP contribution in [0.5, 0.6) is 5.75 Å². The van der Waals surface area contributed by atoms with Crippen LogP contribution in [0.2, 0.25) is 10.0 Å². The lowest BCUT2D eigenvalue weighted by molar-refractivity contribution is 0.430. The molecule has 0 saturated heterocycles. The standard InChI is InChI=1S/C30H18Cl2N2O3S/c31-20-9-13-22(14-10-20)33-30-34(23-15-11-21(32)12-16-23)25(17-38-30)18-5-7-19(8-6-18)27-24-3-1-2-4-26(24)37-29(36)28(27)35/h1-17,35H. The van der Waals surface area contributed by atoms with Crippen molar-refractivity contribution in [2.45, 2.75) is 0 Å². The molecular weight excluding hydrogens is 539 g/mol. The first kappa shape index (κ1) is 24.2. The lowest BCUT2D eigenvalue weighted by Gasteiger charge is -2.11. The zero-order chi connectivity index (χ0) is 26.2. The largest absolute Gasteiger partial charge is 0.501 e. The highest BCUT2D eigenvalue weighted by atomic mass is 35.5. The van der Waals surface area contributed by atoms with Crippen LogP contribution in [-0.4, -0.2) is 9.67 Å². The number of rotatable bonds is 4. The number of hydrogen-bond acceptors (Lipinski definition) is 5. The molecule has 0 fully saturated rings. The summed E-state index contributed by atoms with van der Waals surface area (Å²) in [6.07, 6.45) is 0. The zero-order valence-electron chi connectivity index (χ0n) is 19.6. The Morgan fingerprint density at radius 1 is 0.789 bits per heavy atom. The molecule has 0 aliphatic rings. The molecule has 6 rings (SSSR count). The van der Waals surface area contributed by atoms with Gasteiger partial charge in [0.25, 0.3) is 0 Å². The summed E-state index contributed by atoms with van der Waals surface area (Å²) in [5, 5.41) is 14.6. The number of thiazole rings is 1. The van der Waals surface area contributed by atoms with Crippen LogP contribution in [-0.2, 0) is 0 Å². The van der Waals surface area contributed by atoms with E-state index >= 15 is 0 Å². The first-order valence-corrected chi connectivity index (χ1v) is 13.2. The van der Waals surface area contributed by atoms with Crippen molar-refractivity contribution in [1.82, 2.24) is 4.57 Å². The van der Waals surface area contributed by atoms with Crippen LogP contribution in [0.4, 0.5) is 5.69 Å². The second-order valence-corrected chi connectivity index (χ2v) is 10.2. The second kappa shape index (κ2) is 9.99. The molecule has 0 aliphatic heterocycles. The average molecular weight is 557 g/mol. The van der Waals surface area contributed by atoms with Gasteiger partial charge in [0, 0.05) is 32.1 Å². The summed E-state index contributed by atoms with van der Waals surface area (Å²) in [6, 6.07) is 29.8. The van der Waals surface area contributed by atoms with E-state index in [-0.39, 0.29) is 0 Å². The Kier molecular flexibility index (Phi) is 6.37. The monoisotopic (exact) mass is 556 g/mol. The lowest BCUT2D eigenvalue weighted by Crippen LogP contribution is -2.13. The average Bonchev–Trinajstić information content (AvgIpc) is 3.35. The van der Waals surface area contributed by atoms with Crippen molar-refractivity contribution in [2.24, 2.45) is 4.99 Å². The van der Waals surface area contributed by atoms with Crippen molar-refractivity contribution in [3.63, 3.8) is 0 Å². The van der Waals surface area contributed by atoms with Gasteiger partial charge < -0.3 is 9.52 Å². The Morgan fingerprint density at radius 3 is 2.13 bits per heavy atom. The summed E-state index contributed by atoms with van der Waals surface area (Å²) >= 11 is 13.7. The van der Waals surface area contributed by atoms with Gasteiger partial charge in [0.15, 0.2) is 4.80 Å². The normalized spacial score (nSPS) is 11.8. The summed E-state index contributed by atoms with van der Waals surface area (Å²) in [7, 11) is 0. The Hall–Kier alpha value is -4.10. The van der Waals surface area contributed by atoms with Gasteiger partial charge in [-0.1, -0.05) is 65.7 Å². The van der Waals surface area contributed by atoms with Crippen LogP contribution in [0.25, 0.3) is 39.0 Å². The summed E-state index contributed by atoms with van der Waals surface area (Å²) in [5.41, 5.74) is 4.35. The van der Waals surface area contributed by atoms with Gasteiger partial charge in [0.1, 0.15) is 5.58 Å². The van der Waals surface area contributed by atoms with Crippen molar-refractivity contribution in [2.75, 3.05) is 0 Å². The molecule has 0 atom stereocenters. The van der Waals surface area contributed by atoms with E-state index in [4.69, 9.17) is 32.6 Å². The van der Waals surface area contributed by atoms with Crippen LogP contribution in [0.1, 0.15) is 0 Å². The second-order valence-electron chi connectivity index (χ2n) is 8.49. The Labute approximate surface area is 231 Å². The fraction of sp³-hybridized carbons (Fsp3) is 0. The van der Waals surface area contributed by atoms with Crippen LogP contribution >= 0.6 is 34.5 Å². The maximum atomic E-state index is 12.3. The predicted molar refractivity (Wildman–Crippen MR) is 154 cm³/mol. The van der Waals surface area contributed by atoms with E-state index in [2.05, 4.69) is 4.57 Å². The Morgan fingerprint density at radius 2 is 1.42 bits per heavy atom. The number of nitrogens with zero attached hydrogens (tertiary/aromatic N) is 2. The van der Waals surface area contributed by atoms with Crippen LogP contribution < -0.4 is 10.4 Å². The first-order valence-electron chi connectivity index (χ1n) is 11.6. The molecule has 2 aromatic heterocycles. The van der Waals surface area contributed by atoms with Gasteiger partial charge in [-0.05, 0) is 65.7 Å². The van der Waals surface area contributed by atoms with Gasteiger partial charge >= 0.3 is 5.63 Å². The van der Waals surface area contributed by atoms with Gasteiger partial charge in [-0.15, -0.1) is 11.3 Å². The first-order chi connectivity index (χ1) is 18.5. The summed E-state index contributed by atoms with van der Waals surface area (Å²) in [4.78, 5) is 17.9. The van der Waals surface area contributed by atoms with Crippen molar-refractivity contribution in [3.8, 4) is 33.8 Å². The zero-order valence-corrected chi connectivity index (χ0v) is 22.0. The third-order valence-electron chi connectivity index (χ3n) is 6.10. The third kappa shape index (κ3) is 4.54. The van der Waals surface area contributed by atoms with E-state index in [1.807, 2.05) is 90.3 Å². The molecule has 4 aromatic carbocycles. The molecule has 186 valence electrons. The minimum atomic E-state index is -0.769. The number of fused-ring (bicyclic) bond motifs is 1. The molecular formula is C30H18Cl2N2O3S. The number of aromatic hydroxyl groups is 1. The summed E-state index contributed by atoms with van der Waals surface area (Å²) in [5.74, 6) is -0.410. The molecule has 0 bridgehead atoms. The van der Waals surface area contributed by atoms with Gasteiger partial charge in [-0.3, -0.25) is 4.57 Å². The molecule has 5 nitrogen and oxygen atoms in total. The van der Waals surface area contributed by atoms with Crippen molar-refractivity contribution >= 4 is 51.2 Å². The van der Waals surface area contributed by atoms with Crippen molar-refractivity contribution < 1.29 is 9.52 Å². The quantitative estimate of drug-likeness (QED) is 0.222. The number of hydrogen-bond donors (Lipinski definition) is 1. The van der Waals surface area contributed by atoms with Gasteiger partial charge in [-0.25, -0.2) is 9.79 Å². The SMILES string of the molecule is O=c1oc2ccccc2c(-c2ccc(-c3csc(=Nc4ccc(Cl)cc4)n3-c3ccc(Cl)cc3)cc2)c1O. The van der Waals surface area contributed by atoms with E-state index in [9.17, 15) is 9.90 Å². The number of aromatic nitrogens is 1. The fourth-order valence-electron chi connectivity index (χ4n) is 4.30. The number of halogens is 2. The van der Waals surface area contributed by atoms with Crippen molar-refractivity contribution in [3.05, 3.63) is 128 Å². The summed E-state index contributed by atoms with van der Waals surface area (Å²) in [6.45, 7) is 0. The third-order valence-corrected chi connectivity index (χ3v) is 7.43. The molecule has 0 amide bonds. The highest BCUT2D eigenvalue weighted by molar-refractivity contribution is 7.07. The fourth-order valence-corrected chi connectivity index (χ4v) is 5.47. The van der Waals surface area contributed by atoms with E-state index in [1.54, 1.807) is 12.1 Å². The maximum absolute atomic E-state index is 12.3. The molecule has 38 heavy (non-hydrogen) atoms. The molecule has 0 spiro atoms. The van der Waals surface area contributed by atoms with Crippen molar-refractivity contribution in [1.29, 1.82) is 0 Å². The van der Waals surface area contributed by atoms with Crippen LogP contribution in [0.15, 0.2) is 117 Å². The highest BCUT2D eigenvalue weighted by Gasteiger charge is 2.16. The van der Waals surface area contributed by atoms with Gasteiger partial charge in [-0.2, -0.15) is 0 Å². The van der Waals surface area contributed by atoms with Crippen LogP contribution in [0, 0.1) is 0 Å². The highest BCUT2D eigenvalue weighted by Crippen LogP contribution is 2.35. The molecule has 6 aromatic rings. The number of benzene rings is 4. The maximum Gasteiger partial charge on any atom is 0.379 e. The van der Waals surface area contributed by atoms with E-state index in [0.717, 1.165) is 27.4 Å². The van der Waals surface area contributed by atoms with Gasteiger partial charge in [0.05, 0.1) is 11.4 Å². The van der Waals surface area contributed by atoms with E-state index < -0.39 is 11.4 Å². The van der Waals surface area contributed by atoms with Crippen LogP contribution in [0.3, 0.4) is 0 Å². The number of para-hydroxylation sites is 1. The molecule has 0 radical (unpaired) electrons. The Balaban J connectivity index is 1.50. The lowest BCUT2D eigenvalue weighted by atomic mass is 9.99. The van der Waals surface area contributed by atoms with E-state index in [0.29, 0.717) is 32.1 Å². The van der Waals surface area contributed by atoms with E-state index in [1.165, 1.54) is 11.3 Å². The minimum absolute atomic E-state index is 0.410. The predicted octanol–water partition coefficient (Wildman–Crippen LogP) is 8.22. The summed E-state index contributed by atoms with van der Waals surface area (Å²) < 4.78 is 7.31. The molecule has 1 N–H and O–H groups in total.